The molecule has 2 aromatic rings. The Kier molecular flexibility index (Phi) is 4.71. The van der Waals surface area contributed by atoms with Crippen molar-refractivity contribution in [2.45, 2.75) is 19.4 Å². The fourth-order valence-electron chi connectivity index (χ4n) is 2.92. The van der Waals surface area contributed by atoms with Gasteiger partial charge in [0.1, 0.15) is 0 Å². The van der Waals surface area contributed by atoms with Crippen LogP contribution in [0.25, 0.3) is 11.4 Å². The van der Waals surface area contributed by atoms with Gasteiger partial charge in [-0.15, -0.1) is 0 Å². The van der Waals surface area contributed by atoms with E-state index in [9.17, 15) is 4.79 Å². The summed E-state index contributed by atoms with van der Waals surface area (Å²) in [6, 6.07) is 9.80. The maximum Gasteiger partial charge on any atom is 0.241 e. The van der Waals surface area contributed by atoms with E-state index in [-0.39, 0.29) is 11.8 Å². The molecule has 1 aliphatic heterocycles. The molecule has 0 unspecified atom stereocenters. The normalized spacial score (nSPS) is 16.4. The number of carbonyl (C=O) groups is 1. The highest BCUT2D eigenvalue weighted by Crippen LogP contribution is 2.21. The van der Waals surface area contributed by atoms with Gasteiger partial charge in [0.05, 0.1) is 6.54 Å². The number of piperidine rings is 1. The van der Waals surface area contributed by atoms with Crippen LogP contribution in [-0.2, 0) is 11.3 Å². The largest absolute Gasteiger partial charge is 0.349 e. The lowest BCUT2D eigenvalue weighted by molar-refractivity contribution is -0.134. The lowest BCUT2D eigenvalue weighted by Crippen LogP contribution is -2.39. The highest BCUT2D eigenvalue weighted by molar-refractivity contribution is 5.78. The zero-order chi connectivity index (χ0) is 16.2. The fourth-order valence-corrected chi connectivity index (χ4v) is 2.92. The average Bonchev–Trinajstić information content (AvgIpc) is 3.04. The number of aromatic nitrogens is 2. The standard InChI is InChI=1S/C17H22N4O2/c1-20(2)17(22)14-8-10-21(11-9-14)12-15-18-16(19-23-15)13-6-4-3-5-7-13/h3-7,14H,8-12H2,1-2H3. The van der Waals surface area contributed by atoms with Gasteiger partial charge in [-0.25, -0.2) is 0 Å². The molecule has 1 amide bonds. The van der Waals surface area contributed by atoms with E-state index < -0.39 is 0 Å². The van der Waals surface area contributed by atoms with Crippen molar-refractivity contribution in [3.05, 3.63) is 36.2 Å². The second-order valence-corrected chi connectivity index (χ2v) is 6.16. The Labute approximate surface area is 136 Å². The second kappa shape index (κ2) is 6.91. The smallest absolute Gasteiger partial charge is 0.241 e. The number of nitrogens with zero attached hydrogens (tertiary/aromatic N) is 4. The van der Waals surface area contributed by atoms with Crippen LogP contribution in [0, 0.1) is 5.92 Å². The van der Waals surface area contributed by atoms with Crippen LogP contribution in [0.1, 0.15) is 18.7 Å². The van der Waals surface area contributed by atoms with E-state index in [1.807, 2.05) is 44.4 Å². The molecule has 2 heterocycles. The van der Waals surface area contributed by atoms with Crippen LogP contribution in [0.5, 0.6) is 0 Å². The molecule has 0 spiro atoms. The molecule has 0 aliphatic carbocycles. The zero-order valence-corrected chi connectivity index (χ0v) is 13.6. The van der Waals surface area contributed by atoms with Gasteiger partial charge in [0.15, 0.2) is 0 Å². The highest BCUT2D eigenvalue weighted by Gasteiger charge is 2.26. The predicted octanol–water partition coefficient (Wildman–Crippen LogP) is 2.04. The van der Waals surface area contributed by atoms with Gasteiger partial charge in [0.2, 0.25) is 17.6 Å². The summed E-state index contributed by atoms with van der Waals surface area (Å²) in [4.78, 5) is 20.4. The molecule has 6 nitrogen and oxygen atoms in total. The SMILES string of the molecule is CN(C)C(=O)C1CCN(Cc2nc(-c3ccccc3)no2)CC1. The van der Waals surface area contributed by atoms with Gasteiger partial charge < -0.3 is 9.42 Å². The highest BCUT2D eigenvalue weighted by atomic mass is 16.5. The zero-order valence-electron chi connectivity index (χ0n) is 13.6. The molecule has 1 aromatic heterocycles. The third kappa shape index (κ3) is 3.76. The molecule has 1 fully saturated rings. The summed E-state index contributed by atoms with van der Waals surface area (Å²) in [5.41, 5.74) is 0.956. The number of benzene rings is 1. The molecular weight excluding hydrogens is 292 g/mol. The van der Waals surface area contributed by atoms with Gasteiger partial charge >= 0.3 is 0 Å². The lowest BCUT2D eigenvalue weighted by atomic mass is 9.95. The van der Waals surface area contributed by atoms with E-state index >= 15 is 0 Å². The summed E-state index contributed by atoms with van der Waals surface area (Å²) < 4.78 is 5.36. The lowest BCUT2D eigenvalue weighted by Gasteiger charge is -2.31. The van der Waals surface area contributed by atoms with Crippen molar-refractivity contribution in [3.8, 4) is 11.4 Å². The molecule has 0 bridgehead atoms. The fraction of sp³-hybridized carbons (Fsp3) is 0.471. The van der Waals surface area contributed by atoms with Crippen molar-refractivity contribution >= 4 is 5.91 Å². The van der Waals surface area contributed by atoms with Crippen molar-refractivity contribution in [2.24, 2.45) is 5.92 Å². The van der Waals surface area contributed by atoms with E-state index in [0.29, 0.717) is 18.3 Å². The first-order valence-corrected chi connectivity index (χ1v) is 7.95. The van der Waals surface area contributed by atoms with E-state index in [2.05, 4.69) is 15.0 Å². The van der Waals surface area contributed by atoms with Crippen LogP contribution in [0.15, 0.2) is 34.9 Å². The Morgan fingerprint density at radius 3 is 2.61 bits per heavy atom. The first-order chi connectivity index (χ1) is 11.1. The van der Waals surface area contributed by atoms with Crippen molar-refractivity contribution in [3.63, 3.8) is 0 Å². The predicted molar refractivity (Wildman–Crippen MR) is 86.4 cm³/mol. The van der Waals surface area contributed by atoms with Gasteiger partial charge in [-0.1, -0.05) is 35.5 Å². The van der Waals surface area contributed by atoms with Crippen molar-refractivity contribution in [2.75, 3.05) is 27.2 Å². The monoisotopic (exact) mass is 314 g/mol. The molecule has 0 atom stereocenters. The third-order valence-electron chi connectivity index (χ3n) is 4.24. The summed E-state index contributed by atoms with van der Waals surface area (Å²) in [5.74, 6) is 1.62. The number of rotatable bonds is 4. The molecule has 1 aromatic carbocycles. The van der Waals surface area contributed by atoms with E-state index in [1.165, 1.54) is 0 Å². The molecule has 0 N–H and O–H groups in total. The average molecular weight is 314 g/mol. The minimum Gasteiger partial charge on any atom is -0.349 e. The summed E-state index contributed by atoms with van der Waals surface area (Å²) >= 11 is 0. The van der Waals surface area contributed by atoms with E-state index in [1.54, 1.807) is 4.90 Å². The number of likely N-dealkylation sites (tertiary alicyclic amines) is 1. The Bertz CT molecular complexity index is 646. The van der Waals surface area contributed by atoms with Crippen molar-refractivity contribution < 1.29 is 9.32 Å². The Balaban J connectivity index is 1.55. The minimum atomic E-state index is 0.142. The Morgan fingerprint density at radius 1 is 1.26 bits per heavy atom. The first kappa shape index (κ1) is 15.7. The molecular formula is C17H22N4O2. The van der Waals surface area contributed by atoms with Gasteiger partial charge in [-0.3, -0.25) is 9.69 Å². The molecule has 0 saturated carbocycles. The van der Waals surface area contributed by atoms with Crippen LogP contribution in [0.2, 0.25) is 0 Å². The molecule has 6 heteroatoms. The van der Waals surface area contributed by atoms with Crippen LogP contribution in [0.4, 0.5) is 0 Å². The quantitative estimate of drug-likeness (QED) is 0.864. The summed E-state index contributed by atoms with van der Waals surface area (Å²) in [6.45, 7) is 2.41. The van der Waals surface area contributed by atoms with Crippen LogP contribution >= 0.6 is 0 Å². The number of hydrogen-bond acceptors (Lipinski definition) is 5. The summed E-state index contributed by atoms with van der Waals surface area (Å²) in [7, 11) is 3.64. The molecule has 3 rings (SSSR count). The Hall–Kier alpha value is -2.21. The maximum absolute atomic E-state index is 12.0. The molecule has 122 valence electrons. The number of amides is 1. The van der Waals surface area contributed by atoms with Crippen LogP contribution in [-0.4, -0.2) is 53.0 Å². The first-order valence-electron chi connectivity index (χ1n) is 7.95. The topological polar surface area (TPSA) is 62.5 Å². The Morgan fingerprint density at radius 2 is 1.96 bits per heavy atom. The molecule has 1 saturated heterocycles. The van der Waals surface area contributed by atoms with E-state index in [4.69, 9.17) is 4.52 Å². The van der Waals surface area contributed by atoms with Gasteiger partial charge in [0, 0.05) is 25.6 Å². The third-order valence-corrected chi connectivity index (χ3v) is 4.24. The van der Waals surface area contributed by atoms with E-state index in [0.717, 1.165) is 31.5 Å². The van der Waals surface area contributed by atoms with Crippen LogP contribution in [0.3, 0.4) is 0 Å². The van der Waals surface area contributed by atoms with Crippen molar-refractivity contribution in [1.29, 1.82) is 0 Å². The van der Waals surface area contributed by atoms with Gasteiger partial charge in [-0.2, -0.15) is 4.98 Å². The number of carbonyl (C=O) groups excluding carboxylic acids is 1. The summed E-state index contributed by atoms with van der Waals surface area (Å²) in [6.07, 6.45) is 1.77. The molecule has 0 radical (unpaired) electrons. The van der Waals surface area contributed by atoms with Crippen LogP contribution < -0.4 is 0 Å². The van der Waals surface area contributed by atoms with Crippen molar-refractivity contribution in [1.82, 2.24) is 19.9 Å². The molecule has 23 heavy (non-hydrogen) atoms. The summed E-state index contributed by atoms with van der Waals surface area (Å²) in [5, 5.41) is 4.04. The molecule has 1 aliphatic rings. The minimum absolute atomic E-state index is 0.142. The van der Waals surface area contributed by atoms with Gasteiger partial charge in [-0.05, 0) is 25.9 Å². The van der Waals surface area contributed by atoms with Gasteiger partial charge in [0.25, 0.3) is 0 Å². The number of hydrogen-bond donors (Lipinski definition) is 0. The second-order valence-electron chi connectivity index (χ2n) is 6.16. The maximum atomic E-state index is 12.0.